The summed E-state index contributed by atoms with van der Waals surface area (Å²) in [6.45, 7) is 4.98. The Morgan fingerprint density at radius 3 is 2.47 bits per heavy atom. The third kappa shape index (κ3) is 6.50. The summed E-state index contributed by atoms with van der Waals surface area (Å²) < 4.78 is 33.4. The standard InChI is InChI=1S/C22H26BrN3O4S2/c1-15-9-11-26(12-10-15)32(28,29)18-6-4-17(5-7-18)24-22(31)25-21(27)14-30-20-8-3-16(2)13-19(20)23/h3-8,13,15H,9-12,14H2,1-2H3,(H2,24,25,27,31). The molecular formula is C22H26BrN3O4S2. The van der Waals surface area contributed by atoms with Crippen molar-refractivity contribution in [1.29, 1.82) is 0 Å². The number of carbonyl (C=O) groups is 1. The number of piperidine rings is 1. The lowest BCUT2D eigenvalue weighted by Gasteiger charge is -2.29. The summed E-state index contributed by atoms with van der Waals surface area (Å²) in [5.74, 6) is 0.700. The van der Waals surface area contributed by atoms with Gasteiger partial charge in [0, 0.05) is 18.8 Å². The van der Waals surface area contributed by atoms with Crippen molar-refractivity contribution in [2.75, 3.05) is 25.0 Å². The summed E-state index contributed by atoms with van der Waals surface area (Å²) in [4.78, 5) is 12.4. The maximum atomic E-state index is 12.8. The van der Waals surface area contributed by atoms with Gasteiger partial charge in [-0.3, -0.25) is 10.1 Å². The van der Waals surface area contributed by atoms with E-state index < -0.39 is 15.9 Å². The van der Waals surface area contributed by atoms with Crippen LogP contribution in [0.5, 0.6) is 5.75 Å². The van der Waals surface area contributed by atoms with Gasteiger partial charge in [-0.1, -0.05) is 13.0 Å². The SMILES string of the molecule is Cc1ccc(OCC(=O)NC(=S)Nc2ccc(S(=O)(=O)N3CCC(C)CC3)cc2)c(Br)c1. The van der Waals surface area contributed by atoms with E-state index in [0.717, 1.165) is 22.9 Å². The number of thiocarbonyl (C=S) groups is 1. The van der Waals surface area contributed by atoms with Crippen LogP contribution in [-0.2, 0) is 14.8 Å². The summed E-state index contributed by atoms with van der Waals surface area (Å²) >= 11 is 8.57. The maximum Gasteiger partial charge on any atom is 0.264 e. The van der Waals surface area contributed by atoms with Crippen LogP contribution in [0.15, 0.2) is 51.8 Å². The number of hydrogen-bond donors (Lipinski definition) is 2. The molecule has 0 aromatic heterocycles. The van der Waals surface area contributed by atoms with Crippen molar-refractivity contribution in [3.05, 3.63) is 52.5 Å². The molecular weight excluding hydrogens is 514 g/mol. The highest BCUT2D eigenvalue weighted by molar-refractivity contribution is 9.10. The minimum absolute atomic E-state index is 0.0993. The van der Waals surface area contributed by atoms with E-state index in [1.165, 1.54) is 16.4 Å². The van der Waals surface area contributed by atoms with Crippen molar-refractivity contribution in [3.8, 4) is 5.75 Å². The lowest BCUT2D eigenvalue weighted by molar-refractivity contribution is -0.121. The smallest absolute Gasteiger partial charge is 0.264 e. The van der Waals surface area contributed by atoms with E-state index in [0.29, 0.717) is 30.4 Å². The average molecular weight is 541 g/mol. The van der Waals surface area contributed by atoms with Gasteiger partial charge in [0.15, 0.2) is 11.7 Å². The van der Waals surface area contributed by atoms with Crippen LogP contribution in [-0.4, -0.2) is 43.4 Å². The summed E-state index contributed by atoms with van der Waals surface area (Å²) in [6, 6.07) is 11.9. The van der Waals surface area contributed by atoms with Crippen molar-refractivity contribution >= 4 is 54.9 Å². The van der Waals surface area contributed by atoms with Crippen LogP contribution in [0.1, 0.15) is 25.3 Å². The molecule has 0 aliphatic carbocycles. The van der Waals surface area contributed by atoms with Gasteiger partial charge in [0.2, 0.25) is 10.0 Å². The number of sulfonamides is 1. The Hall–Kier alpha value is -2.01. The molecule has 1 fully saturated rings. The third-order valence-corrected chi connectivity index (χ3v) is 7.93. The largest absolute Gasteiger partial charge is 0.483 e. The van der Waals surface area contributed by atoms with Gasteiger partial charge < -0.3 is 10.1 Å². The molecule has 172 valence electrons. The number of benzene rings is 2. The monoisotopic (exact) mass is 539 g/mol. The van der Waals surface area contributed by atoms with Crippen LogP contribution in [0, 0.1) is 12.8 Å². The van der Waals surface area contributed by atoms with E-state index in [2.05, 4.69) is 33.5 Å². The Bertz CT molecular complexity index is 1080. The predicted octanol–water partition coefficient (Wildman–Crippen LogP) is 4.07. The van der Waals surface area contributed by atoms with Crippen LogP contribution in [0.25, 0.3) is 0 Å². The summed E-state index contributed by atoms with van der Waals surface area (Å²) in [5, 5.41) is 5.52. The van der Waals surface area contributed by atoms with E-state index in [1.807, 2.05) is 19.1 Å². The highest BCUT2D eigenvalue weighted by atomic mass is 79.9. The van der Waals surface area contributed by atoms with Gasteiger partial charge in [-0.05, 0) is 95.8 Å². The number of nitrogens with zero attached hydrogens (tertiary/aromatic N) is 1. The fourth-order valence-corrected chi connectivity index (χ4v) is 5.58. The van der Waals surface area contributed by atoms with Gasteiger partial charge in [-0.25, -0.2) is 8.42 Å². The van der Waals surface area contributed by atoms with Crippen LogP contribution in [0.4, 0.5) is 5.69 Å². The van der Waals surface area contributed by atoms with Crippen molar-refractivity contribution in [2.45, 2.75) is 31.6 Å². The van der Waals surface area contributed by atoms with Crippen molar-refractivity contribution < 1.29 is 17.9 Å². The van der Waals surface area contributed by atoms with E-state index in [-0.39, 0.29) is 16.6 Å². The van der Waals surface area contributed by atoms with Crippen molar-refractivity contribution in [3.63, 3.8) is 0 Å². The van der Waals surface area contributed by atoms with E-state index in [9.17, 15) is 13.2 Å². The topological polar surface area (TPSA) is 87.7 Å². The fourth-order valence-electron chi connectivity index (χ4n) is 3.28. The van der Waals surface area contributed by atoms with Gasteiger partial charge in [0.05, 0.1) is 9.37 Å². The van der Waals surface area contributed by atoms with E-state index >= 15 is 0 Å². The maximum absolute atomic E-state index is 12.8. The zero-order valence-corrected chi connectivity index (χ0v) is 21.1. The Morgan fingerprint density at radius 2 is 1.84 bits per heavy atom. The van der Waals surface area contributed by atoms with E-state index in [1.54, 1.807) is 18.2 Å². The van der Waals surface area contributed by atoms with Crippen molar-refractivity contribution in [2.24, 2.45) is 5.92 Å². The second kappa shape index (κ2) is 10.7. The lowest BCUT2D eigenvalue weighted by Crippen LogP contribution is -2.38. The Labute approximate surface area is 202 Å². The average Bonchev–Trinajstić information content (AvgIpc) is 2.73. The number of rotatable bonds is 6. The molecule has 2 N–H and O–H groups in total. The number of halogens is 1. The highest BCUT2D eigenvalue weighted by Crippen LogP contribution is 2.26. The Balaban J connectivity index is 1.51. The van der Waals surface area contributed by atoms with Gasteiger partial charge >= 0.3 is 0 Å². The molecule has 2 aromatic carbocycles. The first kappa shape index (κ1) is 24.6. The molecule has 32 heavy (non-hydrogen) atoms. The lowest BCUT2D eigenvalue weighted by atomic mass is 10.0. The number of ether oxygens (including phenoxy) is 1. The zero-order valence-electron chi connectivity index (χ0n) is 17.9. The number of hydrogen-bond acceptors (Lipinski definition) is 5. The minimum Gasteiger partial charge on any atom is -0.483 e. The third-order valence-electron chi connectivity index (χ3n) is 5.19. The molecule has 0 atom stereocenters. The molecule has 0 bridgehead atoms. The van der Waals surface area contributed by atoms with Gasteiger partial charge in [-0.15, -0.1) is 0 Å². The molecule has 0 saturated carbocycles. The molecule has 1 aliphatic heterocycles. The minimum atomic E-state index is -3.51. The van der Waals surface area contributed by atoms with Crippen LogP contribution >= 0.6 is 28.1 Å². The first-order valence-corrected chi connectivity index (χ1v) is 12.9. The highest BCUT2D eigenvalue weighted by Gasteiger charge is 2.27. The number of aryl methyl sites for hydroxylation is 1. The van der Waals surface area contributed by atoms with Crippen LogP contribution in [0.2, 0.25) is 0 Å². The zero-order chi connectivity index (χ0) is 23.3. The number of nitrogens with one attached hydrogen (secondary N) is 2. The molecule has 3 rings (SSSR count). The number of carbonyl (C=O) groups excluding carboxylic acids is 1. The second-order valence-electron chi connectivity index (χ2n) is 7.84. The molecule has 10 heteroatoms. The Morgan fingerprint density at radius 1 is 1.19 bits per heavy atom. The molecule has 1 amide bonds. The van der Waals surface area contributed by atoms with Gasteiger partial charge in [-0.2, -0.15) is 4.31 Å². The second-order valence-corrected chi connectivity index (χ2v) is 11.0. The summed E-state index contributed by atoms with van der Waals surface area (Å²) in [7, 11) is -3.51. The van der Waals surface area contributed by atoms with Crippen molar-refractivity contribution in [1.82, 2.24) is 9.62 Å². The molecule has 1 saturated heterocycles. The Kier molecular flexibility index (Phi) is 8.26. The molecule has 0 unspecified atom stereocenters. The van der Waals surface area contributed by atoms with Gasteiger partial charge in [0.1, 0.15) is 5.75 Å². The molecule has 0 radical (unpaired) electrons. The first-order chi connectivity index (χ1) is 15.1. The molecule has 7 nitrogen and oxygen atoms in total. The summed E-state index contributed by atoms with van der Waals surface area (Å²) in [5.41, 5.74) is 1.65. The number of amides is 1. The first-order valence-electron chi connectivity index (χ1n) is 10.2. The van der Waals surface area contributed by atoms with Crippen LogP contribution < -0.4 is 15.4 Å². The normalized spacial score (nSPS) is 15.2. The quantitative estimate of drug-likeness (QED) is 0.538. The van der Waals surface area contributed by atoms with Crippen LogP contribution in [0.3, 0.4) is 0 Å². The fraction of sp³-hybridized carbons (Fsp3) is 0.364. The molecule has 2 aromatic rings. The van der Waals surface area contributed by atoms with Gasteiger partial charge in [0.25, 0.3) is 5.91 Å². The molecule has 1 aliphatic rings. The molecule has 1 heterocycles. The number of anilines is 1. The molecule has 0 spiro atoms. The summed E-state index contributed by atoms with van der Waals surface area (Å²) in [6.07, 6.45) is 1.74. The van der Waals surface area contributed by atoms with E-state index in [4.69, 9.17) is 17.0 Å². The predicted molar refractivity (Wildman–Crippen MR) is 132 cm³/mol.